The van der Waals surface area contributed by atoms with Crippen molar-refractivity contribution in [2.75, 3.05) is 6.26 Å². The number of benzene rings is 2. The summed E-state index contributed by atoms with van der Waals surface area (Å²) in [5.74, 6) is 1.23. The highest BCUT2D eigenvalue weighted by Gasteiger charge is 2.13. The van der Waals surface area contributed by atoms with E-state index in [1.54, 1.807) is 24.5 Å². The van der Waals surface area contributed by atoms with Gasteiger partial charge in [-0.3, -0.25) is 0 Å². The Kier molecular flexibility index (Phi) is 5.97. The lowest BCUT2D eigenvalue weighted by Gasteiger charge is -2.15. The molecule has 0 heterocycles. The second-order valence-corrected chi connectivity index (χ2v) is 6.41. The van der Waals surface area contributed by atoms with Gasteiger partial charge in [-0.05, 0) is 73.7 Å². The average Bonchev–Trinajstić information content (AvgIpc) is 2.51. The Bertz CT molecular complexity index is 728. The molecular weight excluding hydrogens is 332 g/mol. The molecule has 0 radical (unpaired) electrons. The summed E-state index contributed by atoms with van der Waals surface area (Å²) in [6, 6.07) is 9.31. The summed E-state index contributed by atoms with van der Waals surface area (Å²) in [5, 5.41) is 0.133. The normalized spacial score (nSPS) is 10.5. The zero-order valence-electron chi connectivity index (χ0n) is 13.6. The van der Waals surface area contributed by atoms with Crippen molar-refractivity contribution in [2.45, 2.75) is 27.4 Å². The van der Waals surface area contributed by atoms with Crippen molar-refractivity contribution in [2.24, 2.45) is 0 Å². The molecule has 0 N–H and O–H groups in total. The van der Waals surface area contributed by atoms with E-state index < -0.39 is 0 Å². The first kappa shape index (κ1) is 17.7. The quantitative estimate of drug-likeness (QED) is 0.662. The van der Waals surface area contributed by atoms with Gasteiger partial charge in [-0.15, -0.1) is 0 Å². The molecule has 3 nitrogen and oxygen atoms in total. The fourth-order valence-corrected chi connectivity index (χ4v) is 2.54. The number of rotatable bonds is 4. The molecule has 0 saturated heterocycles. The number of carbonyl (C=O) groups is 1. The summed E-state index contributed by atoms with van der Waals surface area (Å²) in [5.41, 5.74) is 4.11. The number of aryl methyl sites for hydroxylation is 3. The smallest absolute Gasteiger partial charge is 0.372 e. The lowest BCUT2D eigenvalue weighted by Crippen LogP contribution is -2.06. The maximum Gasteiger partial charge on any atom is 0.372 e. The van der Waals surface area contributed by atoms with Crippen LogP contribution >= 0.6 is 23.4 Å². The molecule has 23 heavy (non-hydrogen) atoms. The lowest BCUT2D eigenvalue weighted by molar-refractivity contribution is 0.225. The molecule has 2 aromatic carbocycles. The van der Waals surface area contributed by atoms with Crippen LogP contribution in [0.5, 0.6) is 11.5 Å². The van der Waals surface area contributed by atoms with Crippen LogP contribution in [-0.2, 0) is 6.61 Å². The molecule has 0 amide bonds. The third kappa shape index (κ3) is 4.43. The zero-order valence-corrected chi connectivity index (χ0v) is 15.2. The van der Waals surface area contributed by atoms with Gasteiger partial charge in [0.2, 0.25) is 0 Å². The molecule has 0 bridgehead atoms. The Balaban J connectivity index is 2.23. The van der Waals surface area contributed by atoms with E-state index in [9.17, 15) is 4.79 Å². The van der Waals surface area contributed by atoms with Crippen molar-refractivity contribution >= 4 is 28.7 Å². The van der Waals surface area contributed by atoms with Crippen molar-refractivity contribution in [3.8, 4) is 11.5 Å². The molecule has 2 aromatic rings. The van der Waals surface area contributed by atoms with Gasteiger partial charge in [-0.1, -0.05) is 23.7 Å². The fraction of sp³-hybridized carbons (Fsp3) is 0.278. The van der Waals surface area contributed by atoms with Gasteiger partial charge in [0, 0.05) is 0 Å². The predicted molar refractivity (Wildman–Crippen MR) is 96.0 cm³/mol. The molecule has 0 unspecified atom stereocenters. The second-order valence-electron chi connectivity index (χ2n) is 5.26. The highest BCUT2D eigenvalue weighted by Crippen LogP contribution is 2.30. The molecule has 0 spiro atoms. The first-order valence-corrected chi connectivity index (χ1v) is 8.76. The van der Waals surface area contributed by atoms with Crippen molar-refractivity contribution in [3.05, 3.63) is 57.6 Å². The van der Waals surface area contributed by atoms with Crippen LogP contribution in [0.1, 0.15) is 22.3 Å². The topological polar surface area (TPSA) is 35.5 Å². The van der Waals surface area contributed by atoms with Gasteiger partial charge in [0.05, 0.1) is 10.6 Å². The van der Waals surface area contributed by atoms with E-state index in [0.29, 0.717) is 16.3 Å². The number of ether oxygens (including phenoxy) is 2. The molecule has 0 aromatic heterocycles. The van der Waals surface area contributed by atoms with Gasteiger partial charge in [-0.25, -0.2) is 4.79 Å². The first-order chi connectivity index (χ1) is 10.9. The van der Waals surface area contributed by atoms with Gasteiger partial charge < -0.3 is 9.47 Å². The lowest BCUT2D eigenvalue weighted by atomic mass is 10.1. The van der Waals surface area contributed by atoms with Gasteiger partial charge in [0.25, 0.3) is 0 Å². The number of hydrogen-bond donors (Lipinski definition) is 0. The van der Waals surface area contributed by atoms with Gasteiger partial charge in [0.15, 0.2) is 0 Å². The largest absolute Gasteiger partial charge is 0.488 e. The summed E-state index contributed by atoms with van der Waals surface area (Å²) < 4.78 is 11.2. The Labute approximate surface area is 145 Å². The number of halogens is 1. The minimum atomic E-state index is -0.379. The number of carbonyl (C=O) groups excluding carboxylic acids is 1. The minimum Gasteiger partial charge on any atom is -0.488 e. The van der Waals surface area contributed by atoms with Crippen LogP contribution in [0.3, 0.4) is 0 Å². The van der Waals surface area contributed by atoms with Crippen LogP contribution in [0.25, 0.3) is 0 Å². The van der Waals surface area contributed by atoms with Crippen LogP contribution in [0, 0.1) is 20.8 Å². The van der Waals surface area contributed by atoms with E-state index >= 15 is 0 Å². The monoisotopic (exact) mass is 350 g/mol. The van der Waals surface area contributed by atoms with Crippen LogP contribution in [0.2, 0.25) is 5.02 Å². The molecule has 0 aliphatic heterocycles. The molecule has 122 valence electrons. The second kappa shape index (κ2) is 7.75. The molecule has 0 saturated carbocycles. The fourth-order valence-electron chi connectivity index (χ4n) is 2.15. The standard InChI is InChI=1S/C18H19ClO3S/c1-11-8-13(3)17(9-12(11)2)21-10-14-15(19)6-5-7-16(14)22-18(20)23-4/h5-9H,10H2,1-4H3. The van der Waals surface area contributed by atoms with Crippen LogP contribution in [-0.4, -0.2) is 11.6 Å². The maximum absolute atomic E-state index is 11.5. The van der Waals surface area contributed by atoms with E-state index in [1.807, 2.05) is 19.9 Å². The molecule has 5 heteroatoms. The van der Waals surface area contributed by atoms with Gasteiger partial charge >= 0.3 is 5.30 Å². The average molecular weight is 351 g/mol. The molecule has 0 fully saturated rings. The van der Waals surface area contributed by atoms with Crippen molar-refractivity contribution in [1.29, 1.82) is 0 Å². The van der Waals surface area contributed by atoms with E-state index in [1.165, 1.54) is 11.1 Å². The highest BCUT2D eigenvalue weighted by atomic mass is 35.5. The Hall–Kier alpha value is -1.65. The van der Waals surface area contributed by atoms with Crippen LogP contribution in [0.4, 0.5) is 4.79 Å². The Morgan fingerprint density at radius 2 is 1.78 bits per heavy atom. The Morgan fingerprint density at radius 1 is 1.09 bits per heavy atom. The molecule has 2 rings (SSSR count). The zero-order chi connectivity index (χ0) is 17.0. The third-order valence-electron chi connectivity index (χ3n) is 3.60. The number of thioether (sulfide) groups is 1. The van der Waals surface area contributed by atoms with Crippen molar-refractivity contribution < 1.29 is 14.3 Å². The summed E-state index contributed by atoms with van der Waals surface area (Å²) in [6.07, 6.45) is 1.67. The highest BCUT2D eigenvalue weighted by molar-refractivity contribution is 8.12. The van der Waals surface area contributed by atoms with E-state index in [0.717, 1.165) is 23.1 Å². The van der Waals surface area contributed by atoms with Crippen LogP contribution < -0.4 is 9.47 Å². The molecule has 0 atom stereocenters. The maximum atomic E-state index is 11.5. The van der Waals surface area contributed by atoms with Crippen molar-refractivity contribution in [1.82, 2.24) is 0 Å². The van der Waals surface area contributed by atoms with Crippen molar-refractivity contribution in [3.63, 3.8) is 0 Å². The summed E-state index contributed by atoms with van der Waals surface area (Å²) in [6.45, 7) is 6.35. The number of hydrogen-bond acceptors (Lipinski definition) is 4. The molecular formula is C18H19ClO3S. The minimum absolute atomic E-state index is 0.236. The summed E-state index contributed by atoms with van der Waals surface area (Å²) in [4.78, 5) is 11.5. The molecule has 0 aliphatic carbocycles. The van der Waals surface area contributed by atoms with Gasteiger partial charge in [0.1, 0.15) is 18.1 Å². The summed E-state index contributed by atoms with van der Waals surface area (Å²) >= 11 is 7.25. The van der Waals surface area contributed by atoms with E-state index in [2.05, 4.69) is 13.0 Å². The Morgan fingerprint density at radius 3 is 2.48 bits per heavy atom. The van der Waals surface area contributed by atoms with E-state index in [4.69, 9.17) is 21.1 Å². The van der Waals surface area contributed by atoms with E-state index in [-0.39, 0.29) is 11.9 Å². The predicted octanol–water partition coefficient (Wildman–Crippen LogP) is 5.71. The SMILES string of the molecule is CSC(=O)Oc1cccc(Cl)c1COc1cc(C)c(C)cc1C. The molecule has 0 aliphatic rings. The third-order valence-corrected chi connectivity index (χ3v) is 4.37. The van der Waals surface area contributed by atoms with Gasteiger partial charge in [-0.2, -0.15) is 0 Å². The first-order valence-electron chi connectivity index (χ1n) is 7.16. The summed E-state index contributed by atoms with van der Waals surface area (Å²) in [7, 11) is 0. The van der Waals surface area contributed by atoms with Crippen LogP contribution in [0.15, 0.2) is 30.3 Å².